The Balaban J connectivity index is 0.862. The number of fused-ring (bicyclic) bond motifs is 5. The van der Waals surface area contributed by atoms with Gasteiger partial charge in [0, 0.05) is 68.3 Å². The highest BCUT2D eigenvalue weighted by Gasteiger charge is 2.47. The van der Waals surface area contributed by atoms with Crippen LogP contribution in [-0.2, 0) is 16.1 Å². The lowest BCUT2D eigenvalue weighted by Gasteiger charge is -2.55. The number of piperazine rings is 1. The molecule has 0 bridgehead atoms. The average molecular weight is 618 g/mol. The van der Waals surface area contributed by atoms with Gasteiger partial charge in [0.2, 0.25) is 11.8 Å². The Morgan fingerprint density at radius 1 is 1.02 bits per heavy atom. The summed E-state index contributed by atoms with van der Waals surface area (Å²) < 4.78 is 26.2. The van der Waals surface area contributed by atoms with E-state index in [9.17, 15) is 18.8 Å². The summed E-state index contributed by atoms with van der Waals surface area (Å²) in [6.45, 7) is 6.66. The number of amides is 3. The van der Waals surface area contributed by atoms with Gasteiger partial charge in [-0.05, 0) is 62.3 Å². The molecule has 5 heterocycles. The molecule has 2 atom stereocenters. The van der Waals surface area contributed by atoms with Crippen molar-refractivity contribution in [2.24, 2.45) is 11.3 Å². The predicted molar refractivity (Wildman–Crippen MR) is 165 cm³/mol. The van der Waals surface area contributed by atoms with Crippen LogP contribution in [0.2, 0.25) is 0 Å². The van der Waals surface area contributed by atoms with Crippen molar-refractivity contribution in [3.8, 4) is 11.5 Å². The first-order valence-electron chi connectivity index (χ1n) is 16.3. The summed E-state index contributed by atoms with van der Waals surface area (Å²) in [4.78, 5) is 46.2. The molecule has 1 aliphatic carbocycles. The molecule has 2 unspecified atom stereocenters. The van der Waals surface area contributed by atoms with Crippen molar-refractivity contribution in [2.75, 3.05) is 62.8 Å². The zero-order valence-corrected chi connectivity index (χ0v) is 25.7. The van der Waals surface area contributed by atoms with Crippen LogP contribution in [0.1, 0.15) is 54.4 Å². The number of benzene rings is 2. The molecular formula is C34H40FN5O5. The van der Waals surface area contributed by atoms with E-state index in [2.05, 4.69) is 20.0 Å². The maximum Gasteiger partial charge on any atom is 0.255 e. The number of anilines is 2. The predicted octanol–water partition coefficient (Wildman–Crippen LogP) is 3.18. The fraction of sp³-hybridized carbons (Fsp3) is 0.559. The topological polar surface area (TPSA) is 94.7 Å². The number of piperidine rings is 1. The molecule has 10 nitrogen and oxygen atoms in total. The average Bonchev–Trinajstić information content (AvgIpc) is 3.36. The van der Waals surface area contributed by atoms with Crippen LogP contribution in [-0.4, -0.2) is 92.6 Å². The van der Waals surface area contributed by atoms with Gasteiger partial charge in [0.25, 0.3) is 5.91 Å². The summed E-state index contributed by atoms with van der Waals surface area (Å²) in [6.07, 6.45) is 5.40. The molecule has 1 saturated carbocycles. The summed E-state index contributed by atoms with van der Waals surface area (Å²) in [5, 5.41) is 2.38. The van der Waals surface area contributed by atoms with E-state index in [0.717, 1.165) is 56.3 Å². The van der Waals surface area contributed by atoms with Crippen molar-refractivity contribution in [3.63, 3.8) is 0 Å². The highest BCUT2D eigenvalue weighted by Crippen LogP contribution is 2.48. The summed E-state index contributed by atoms with van der Waals surface area (Å²) in [7, 11) is 1.62. The number of hydrogen-bond acceptors (Lipinski definition) is 8. The van der Waals surface area contributed by atoms with Crippen LogP contribution in [0.4, 0.5) is 15.8 Å². The van der Waals surface area contributed by atoms with Crippen LogP contribution in [0.15, 0.2) is 30.3 Å². The molecule has 5 aliphatic heterocycles. The lowest BCUT2D eigenvalue weighted by Crippen LogP contribution is -2.59. The Kier molecular flexibility index (Phi) is 6.92. The van der Waals surface area contributed by atoms with Crippen LogP contribution in [0.5, 0.6) is 11.5 Å². The molecule has 11 heteroatoms. The van der Waals surface area contributed by atoms with Crippen LogP contribution in [0, 0.1) is 17.2 Å². The molecule has 0 aromatic heterocycles. The number of imide groups is 1. The van der Waals surface area contributed by atoms with Crippen molar-refractivity contribution >= 4 is 29.1 Å². The Hall–Kier alpha value is -3.86. The maximum absolute atomic E-state index is 14.5. The van der Waals surface area contributed by atoms with Gasteiger partial charge in [-0.25, -0.2) is 4.39 Å². The van der Waals surface area contributed by atoms with Gasteiger partial charge in [0.05, 0.1) is 31.1 Å². The highest BCUT2D eigenvalue weighted by atomic mass is 19.1. The molecule has 3 amide bonds. The number of hydrogen-bond donors (Lipinski definition) is 1. The number of methoxy groups -OCH3 is 1. The fourth-order valence-electron chi connectivity index (χ4n) is 8.66. The molecule has 45 heavy (non-hydrogen) atoms. The number of carbonyl (C=O) groups excluding carboxylic acids is 3. The molecule has 2 aromatic carbocycles. The summed E-state index contributed by atoms with van der Waals surface area (Å²) >= 11 is 0. The van der Waals surface area contributed by atoms with Gasteiger partial charge in [-0.1, -0.05) is 0 Å². The van der Waals surface area contributed by atoms with E-state index >= 15 is 0 Å². The quantitative estimate of drug-likeness (QED) is 0.512. The van der Waals surface area contributed by atoms with E-state index in [1.807, 2.05) is 18.2 Å². The fourth-order valence-corrected chi connectivity index (χ4v) is 8.66. The summed E-state index contributed by atoms with van der Waals surface area (Å²) in [5.74, 6) is 1.10. The Bertz CT molecular complexity index is 1550. The van der Waals surface area contributed by atoms with E-state index in [1.54, 1.807) is 18.1 Å². The van der Waals surface area contributed by atoms with E-state index in [-0.39, 0.29) is 30.1 Å². The maximum atomic E-state index is 14.5. The first-order chi connectivity index (χ1) is 21.8. The van der Waals surface area contributed by atoms with Gasteiger partial charge in [0.1, 0.15) is 30.0 Å². The number of rotatable bonds is 5. The third-order valence-corrected chi connectivity index (χ3v) is 11.2. The SMILES string of the molecule is COc1ccc(F)c(N2CC3(CCC(CN4CCN5c6ccc7c(c6OCC5C4)CN(C4CCC(=O)NC4=O)C7=O)CC3)C2)c1. The van der Waals surface area contributed by atoms with Crippen molar-refractivity contribution in [2.45, 2.75) is 57.2 Å². The standard InChI is InChI=1S/C34H40FN5O5/c1-44-23-2-4-26(35)29(14-23)38-19-34(20-38)10-8-21(9-11-34)15-37-12-13-39-22(16-37)18-45-31-25-17-40(28-6-7-30(41)36-32(28)42)33(43)24(25)3-5-27(31)39/h2-5,14,21-22,28H,6-13,15-20H2,1H3,(H,36,41,42). The van der Waals surface area contributed by atoms with Gasteiger partial charge < -0.3 is 24.2 Å². The number of nitrogens with one attached hydrogen (secondary N) is 1. The lowest BCUT2D eigenvalue weighted by molar-refractivity contribution is -0.136. The summed E-state index contributed by atoms with van der Waals surface area (Å²) in [5.41, 5.74) is 3.43. The highest BCUT2D eigenvalue weighted by molar-refractivity contribution is 6.06. The van der Waals surface area contributed by atoms with Gasteiger partial charge in [-0.3, -0.25) is 24.6 Å². The van der Waals surface area contributed by atoms with Crippen molar-refractivity contribution in [1.82, 2.24) is 15.1 Å². The molecule has 6 aliphatic rings. The molecular weight excluding hydrogens is 577 g/mol. The van der Waals surface area contributed by atoms with Crippen LogP contribution in [0.25, 0.3) is 0 Å². The number of halogens is 1. The van der Waals surface area contributed by atoms with E-state index in [1.165, 1.54) is 31.7 Å². The molecule has 238 valence electrons. The Labute approximate surface area is 262 Å². The minimum atomic E-state index is -0.632. The number of ether oxygens (including phenoxy) is 2. The monoisotopic (exact) mass is 617 g/mol. The molecule has 1 spiro atoms. The Morgan fingerprint density at radius 2 is 1.84 bits per heavy atom. The minimum Gasteiger partial charge on any atom is -0.497 e. The minimum absolute atomic E-state index is 0.172. The third-order valence-electron chi connectivity index (χ3n) is 11.2. The van der Waals surface area contributed by atoms with Gasteiger partial charge in [-0.15, -0.1) is 0 Å². The van der Waals surface area contributed by atoms with Gasteiger partial charge in [0.15, 0.2) is 0 Å². The second kappa shape index (κ2) is 10.9. The first kappa shape index (κ1) is 28.6. The Morgan fingerprint density at radius 3 is 2.62 bits per heavy atom. The molecule has 8 rings (SSSR count). The number of carbonyl (C=O) groups is 3. The summed E-state index contributed by atoms with van der Waals surface area (Å²) in [6, 6.07) is 8.47. The van der Waals surface area contributed by atoms with Gasteiger partial charge in [-0.2, -0.15) is 0 Å². The van der Waals surface area contributed by atoms with Crippen LogP contribution < -0.4 is 24.6 Å². The van der Waals surface area contributed by atoms with Crippen LogP contribution in [0.3, 0.4) is 0 Å². The van der Waals surface area contributed by atoms with Crippen molar-refractivity contribution in [1.29, 1.82) is 0 Å². The molecule has 0 radical (unpaired) electrons. The third kappa shape index (κ3) is 4.90. The first-order valence-corrected chi connectivity index (χ1v) is 16.3. The van der Waals surface area contributed by atoms with Gasteiger partial charge >= 0.3 is 0 Å². The molecule has 3 saturated heterocycles. The van der Waals surface area contributed by atoms with Crippen LogP contribution >= 0.6 is 0 Å². The lowest BCUT2D eigenvalue weighted by atomic mass is 9.65. The smallest absolute Gasteiger partial charge is 0.255 e. The normalized spacial score (nSPS) is 26.2. The molecule has 4 fully saturated rings. The van der Waals surface area contributed by atoms with E-state index < -0.39 is 11.9 Å². The zero-order chi connectivity index (χ0) is 30.9. The van der Waals surface area contributed by atoms with Crippen molar-refractivity contribution in [3.05, 3.63) is 47.3 Å². The zero-order valence-electron chi connectivity index (χ0n) is 25.7. The van der Waals surface area contributed by atoms with Crippen molar-refractivity contribution < 1.29 is 28.2 Å². The van der Waals surface area contributed by atoms with E-state index in [0.29, 0.717) is 47.9 Å². The van der Waals surface area contributed by atoms with E-state index in [4.69, 9.17) is 9.47 Å². The largest absolute Gasteiger partial charge is 0.497 e. The second-order valence-corrected chi connectivity index (χ2v) is 13.9. The molecule has 1 N–H and O–H groups in total. The number of nitrogens with zero attached hydrogens (tertiary/aromatic N) is 4. The molecule has 2 aromatic rings. The second-order valence-electron chi connectivity index (χ2n) is 13.9.